The molecule has 0 aromatic heterocycles. The molecule has 0 aromatic rings. The van der Waals surface area contributed by atoms with Crippen LogP contribution in [0.25, 0.3) is 0 Å². The van der Waals surface area contributed by atoms with Crippen LogP contribution in [0.5, 0.6) is 0 Å². The van der Waals surface area contributed by atoms with Crippen molar-refractivity contribution >= 4 is 30.1 Å². The van der Waals surface area contributed by atoms with Gasteiger partial charge in [0.1, 0.15) is 6.54 Å². The fourth-order valence-electron chi connectivity index (χ4n) is 0.854. The average molecular weight is 274 g/mol. The predicted octanol–water partition coefficient (Wildman–Crippen LogP) is -3.83. The molecule has 0 aliphatic rings. The van der Waals surface area contributed by atoms with Gasteiger partial charge >= 0.3 is 5.97 Å². The summed E-state index contributed by atoms with van der Waals surface area (Å²) in [6.07, 6.45) is 0.340. The zero-order chi connectivity index (χ0) is 14.7. The Morgan fingerprint density at radius 3 is 1.63 bits per heavy atom. The van der Waals surface area contributed by atoms with Gasteiger partial charge in [-0.3, -0.25) is 24.0 Å². The van der Waals surface area contributed by atoms with Crippen LogP contribution >= 0.6 is 0 Å². The number of hydrogen-bond donors (Lipinski definition) is 5. The molecule has 0 aliphatic carbocycles. The van der Waals surface area contributed by atoms with Gasteiger partial charge in [-0.2, -0.15) is 0 Å². The lowest BCUT2D eigenvalue weighted by atomic mass is 10.5. The van der Waals surface area contributed by atoms with E-state index in [0.717, 1.165) is 0 Å². The predicted molar refractivity (Wildman–Crippen MR) is 60.7 cm³/mol. The number of carbonyl (C=O) groups is 5. The number of carbonyl (C=O) groups excluding carboxylic acids is 4. The van der Waals surface area contributed by atoms with Crippen LogP contribution in [0.2, 0.25) is 0 Å². The third-order valence-electron chi connectivity index (χ3n) is 1.67. The molecule has 0 atom stereocenters. The highest BCUT2D eigenvalue weighted by molar-refractivity contribution is 5.89. The van der Waals surface area contributed by atoms with Gasteiger partial charge in [-0.05, 0) is 0 Å². The van der Waals surface area contributed by atoms with E-state index in [-0.39, 0.29) is 13.1 Å². The van der Waals surface area contributed by atoms with E-state index in [1.54, 1.807) is 0 Å². The summed E-state index contributed by atoms with van der Waals surface area (Å²) in [4.78, 5) is 53.1. The average Bonchev–Trinajstić information content (AvgIpc) is 2.37. The summed E-state index contributed by atoms with van der Waals surface area (Å²) < 4.78 is 0. The number of aliphatic carboxylic acids is 1. The van der Waals surface area contributed by atoms with Crippen molar-refractivity contribution in [1.29, 1.82) is 0 Å². The summed E-state index contributed by atoms with van der Waals surface area (Å²) >= 11 is 0. The minimum absolute atomic E-state index is 0.254. The third-order valence-corrected chi connectivity index (χ3v) is 1.67. The van der Waals surface area contributed by atoms with Crippen LogP contribution < -0.4 is 21.3 Å². The van der Waals surface area contributed by atoms with Crippen LogP contribution in [-0.4, -0.2) is 61.4 Å². The first-order valence-electron chi connectivity index (χ1n) is 5.14. The molecular weight excluding hydrogens is 260 g/mol. The fraction of sp³-hybridized carbons (Fsp3) is 0.444. The molecule has 106 valence electrons. The van der Waals surface area contributed by atoms with Gasteiger partial charge in [0.2, 0.25) is 24.1 Å². The standard InChI is InChI=1S/C9H14N4O6/c14-5-10-1-6(15)11-2-7(16)12-3-8(17)13-4-9(18)19/h5H,1-4H2,(H,10,14)(H,11,15)(H,12,16)(H,13,17)(H,18,19). The molecule has 10 nitrogen and oxygen atoms in total. The molecule has 10 heteroatoms. The SMILES string of the molecule is O=CNCC(=O)NCC(=O)NCC(=O)NCC(=O)O. The number of carboxylic acids is 1. The summed E-state index contributed by atoms with van der Waals surface area (Å²) in [5.74, 6) is -3.04. The fourth-order valence-corrected chi connectivity index (χ4v) is 0.854. The van der Waals surface area contributed by atoms with E-state index in [9.17, 15) is 24.0 Å². The molecule has 0 aromatic carbocycles. The summed E-state index contributed by atoms with van der Waals surface area (Å²) in [6, 6.07) is 0. The molecule has 0 fully saturated rings. The van der Waals surface area contributed by atoms with Crippen molar-refractivity contribution in [1.82, 2.24) is 21.3 Å². The van der Waals surface area contributed by atoms with Gasteiger partial charge in [-0.1, -0.05) is 0 Å². The molecule has 0 rings (SSSR count). The van der Waals surface area contributed by atoms with E-state index in [0.29, 0.717) is 6.41 Å². The molecular formula is C9H14N4O6. The summed E-state index contributed by atoms with van der Waals surface area (Å²) in [5.41, 5.74) is 0. The number of nitrogens with one attached hydrogen (secondary N) is 4. The Kier molecular flexibility index (Phi) is 8.08. The molecule has 0 heterocycles. The molecule has 0 aliphatic heterocycles. The number of rotatable bonds is 9. The summed E-state index contributed by atoms with van der Waals surface area (Å²) in [6.45, 7) is -1.54. The van der Waals surface area contributed by atoms with Gasteiger partial charge in [-0.15, -0.1) is 0 Å². The minimum Gasteiger partial charge on any atom is -0.480 e. The lowest BCUT2D eigenvalue weighted by Gasteiger charge is -2.06. The van der Waals surface area contributed by atoms with Crippen molar-refractivity contribution in [3.05, 3.63) is 0 Å². The maximum Gasteiger partial charge on any atom is 0.322 e. The maximum absolute atomic E-state index is 11.2. The van der Waals surface area contributed by atoms with Crippen molar-refractivity contribution in [2.45, 2.75) is 0 Å². The van der Waals surface area contributed by atoms with E-state index in [2.05, 4.69) is 16.0 Å². The minimum atomic E-state index is -1.20. The van der Waals surface area contributed by atoms with Crippen molar-refractivity contribution in [3.63, 3.8) is 0 Å². The van der Waals surface area contributed by atoms with Gasteiger partial charge < -0.3 is 26.4 Å². The van der Waals surface area contributed by atoms with Gasteiger partial charge in [0, 0.05) is 0 Å². The van der Waals surface area contributed by atoms with Gasteiger partial charge in [0.05, 0.1) is 19.6 Å². The Labute approximate surface area is 107 Å². The van der Waals surface area contributed by atoms with E-state index in [1.165, 1.54) is 0 Å². The highest BCUT2D eigenvalue weighted by atomic mass is 16.4. The van der Waals surface area contributed by atoms with Crippen molar-refractivity contribution in [3.8, 4) is 0 Å². The van der Waals surface area contributed by atoms with Crippen LogP contribution in [0.3, 0.4) is 0 Å². The molecule has 0 saturated heterocycles. The first-order valence-corrected chi connectivity index (χ1v) is 5.14. The summed E-state index contributed by atoms with van der Waals surface area (Å²) in [7, 11) is 0. The lowest BCUT2D eigenvalue weighted by molar-refractivity contribution is -0.137. The smallest absolute Gasteiger partial charge is 0.322 e. The normalized spacial score (nSPS) is 9.05. The van der Waals surface area contributed by atoms with Crippen LogP contribution in [0, 0.1) is 0 Å². The second-order valence-electron chi connectivity index (χ2n) is 3.22. The first-order chi connectivity index (χ1) is 8.95. The largest absolute Gasteiger partial charge is 0.480 e. The quantitative estimate of drug-likeness (QED) is 0.271. The second-order valence-corrected chi connectivity index (χ2v) is 3.22. The lowest BCUT2D eigenvalue weighted by Crippen LogP contribution is -2.44. The molecule has 5 N–H and O–H groups in total. The second kappa shape index (κ2) is 9.39. The van der Waals surface area contributed by atoms with E-state index < -0.39 is 36.8 Å². The molecule has 4 amide bonds. The first kappa shape index (κ1) is 16.4. The van der Waals surface area contributed by atoms with Crippen LogP contribution in [0.15, 0.2) is 0 Å². The molecule has 0 bridgehead atoms. The number of carboxylic acid groups (broad SMARTS) is 1. The van der Waals surface area contributed by atoms with Gasteiger partial charge in [-0.25, -0.2) is 0 Å². The molecule has 0 radical (unpaired) electrons. The van der Waals surface area contributed by atoms with Gasteiger partial charge in [0.15, 0.2) is 0 Å². The Bertz CT molecular complexity index is 370. The maximum atomic E-state index is 11.2. The highest BCUT2D eigenvalue weighted by Gasteiger charge is 2.08. The van der Waals surface area contributed by atoms with E-state index in [1.807, 2.05) is 5.32 Å². The molecule has 19 heavy (non-hydrogen) atoms. The summed E-state index contributed by atoms with van der Waals surface area (Å²) in [5, 5.41) is 16.8. The Morgan fingerprint density at radius 1 is 0.789 bits per heavy atom. The third kappa shape index (κ3) is 10.2. The molecule has 0 unspecified atom stereocenters. The van der Waals surface area contributed by atoms with Crippen LogP contribution in [0.4, 0.5) is 0 Å². The zero-order valence-corrected chi connectivity index (χ0v) is 9.89. The van der Waals surface area contributed by atoms with Crippen molar-refractivity contribution in [2.75, 3.05) is 26.2 Å². The monoisotopic (exact) mass is 274 g/mol. The number of hydrogen-bond acceptors (Lipinski definition) is 5. The topological polar surface area (TPSA) is 154 Å². The van der Waals surface area contributed by atoms with E-state index >= 15 is 0 Å². The number of amides is 4. The Balaban J connectivity index is 3.69. The van der Waals surface area contributed by atoms with Crippen LogP contribution in [-0.2, 0) is 24.0 Å². The Morgan fingerprint density at radius 2 is 1.21 bits per heavy atom. The Hall–Kier alpha value is -2.65. The van der Waals surface area contributed by atoms with Gasteiger partial charge in [0.25, 0.3) is 0 Å². The van der Waals surface area contributed by atoms with Crippen molar-refractivity contribution < 1.29 is 29.1 Å². The van der Waals surface area contributed by atoms with Crippen LogP contribution in [0.1, 0.15) is 0 Å². The zero-order valence-electron chi connectivity index (χ0n) is 9.89. The molecule has 0 saturated carbocycles. The molecule has 0 spiro atoms. The highest BCUT2D eigenvalue weighted by Crippen LogP contribution is 1.69. The van der Waals surface area contributed by atoms with E-state index in [4.69, 9.17) is 5.11 Å². The van der Waals surface area contributed by atoms with Crippen molar-refractivity contribution in [2.24, 2.45) is 0 Å².